The van der Waals surface area contributed by atoms with Crippen LogP contribution in [0.3, 0.4) is 0 Å². The molecule has 0 aliphatic carbocycles. The Labute approximate surface area is 323 Å². The van der Waals surface area contributed by atoms with Gasteiger partial charge in [0.05, 0.1) is 0 Å². The molecule has 0 bridgehead atoms. The molecule has 0 saturated carbocycles. The fourth-order valence-electron chi connectivity index (χ4n) is 7.71. The molecule has 0 amide bonds. The van der Waals surface area contributed by atoms with Crippen molar-refractivity contribution >= 4 is 58.4 Å². The molecule has 0 saturated heterocycles. The van der Waals surface area contributed by atoms with Crippen molar-refractivity contribution in [3.8, 4) is 11.4 Å². The Morgan fingerprint density at radius 2 is 1.02 bits per heavy atom. The van der Waals surface area contributed by atoms with Gasteiger partial charge in [0.2, 0.25) is 0 Å². The normalized spacial score (nSPS) is 13.4. The van der Waals surface area contributed by atoms with Crippen LogP contribution in [0.2, 0.25) is 0 Å². The molecule has 0 radical (unpaired) electrons. The van der Waals surface area contributed by atoms with E-state index < -0.39 is 15.2 Å². The number of aromatic nitrogens is 4. The van der Waals surface area contributed by atoms with Gasteiger partial charge in [0.1, 0.15) is 0 Å². The Balaban J connectivity index is 1.29. The van der Waals surface area contributed by atoms with Gasteiger partial charge in [-0.1, -0.05) is 0 Å². The predicted octanol–water partition coefficient (Wildman–Crippen LogP) is 7.24. The predicted molar refractivity (Wildman–Crippen MR) is 232 cm³/mol. The van der Waals surface area contributed by atoms with E-state index in [1.54, 1.807) is 0 Å². The van der Waals surface area contributed by atoms with Gasteiger partial charge >= 0.3 is 324 Å². The van der Waals surface area contributed by atoms with E-state index in [4.69, 9.17) is 0 Å². The molecule has 0 atom stereocenters. The molecule has 1 aliphatic rings. The van der Waals surface area contributed by atoms with Crippen molar-refractivity contribution in [3.05, 3.63) is 213 Å². The van der Waals surface area contributed by atoms with Gasteiger partial charge in [0, 0.05) is 0 Å². The summed E-state index contributed by atoms with van der Waals surface area (Å²) >= 11 is 0. The van der Waals surface area contributed by atoms with E-state index in [1.165, 1.54) is 31.8 Å². The fraction of sp³-hybridized carbons (Fsp3) is 0.0217. The van der Waals surface area contributed by atoms with Crippen LogP contribution in [0.4, 0.5) is 11.4 Å². The zero-order valence-corrected chi connectivity index (χ0v) is 31.9. The molecule has 9 rings (SSSR count). The Bertz CT molecular complexity index is 2410. The minimum absolute atomic E-state index is 0.650. The van der Waals surface area contributed by atoms with Gasteiger partial charge in [-0.15, -0.1) is 0 Å². The summed E-state index contributed by atoms with van der Waals surface area (Å²) in [7, 11) is -3.92. The van der Waals surface area contributed by atoms with Crippen molar-refractivity contribution in [1.82, 2.24) is 25.7 Å². The maximum absolute atomic E-state index is 4.45. The summed E-state index contributed by atoms with van der Waals surface area (Å²) in [6.07, 6.45) is 5.07. The molecule has 2 heterocycles. The molecule has 55 heavy (non-hydrogen) atoms. The van der Waals surface area contributed by atoms with Crippen LogP contribution in [0.25, 0.3) is 11.4 Å². The molecular formula is C46H39N7P2. The van der Waals surface area contributed by atoms with Gasteiger partial charge in [-0.25, -0.2) is 0 Å². The molecule has 1 N–H and O–H groups in total. The average molecular weight is 752 g/mol. The van der Waals surface area contributed by atoms with Crippen molar-refractivity contribution in [2.75, 3.05) is 16.3 Å². The number of rotatable bonds is 11. The number of hydrogen-bond donors (Lipinski definition) is 1. The van der Waals surface area contributed by atoms with Crippen LogP contribution in [-0.2, 0) is 0 Å². The van der Waals surface area contributed by atoms with Crippen LogP contribution in [0.5, 0.6) is 0 Å². The zero-order chi connectivity index (χ0) is 36.9. The molecule has 7 aromatic carbocycles. The summed E-state index contributed by atoms with van der Waals surface area (Å²) < 4.78 is 0. The van der Waals surface area contributed by atoms with E-state index in [9.17, 15) is 0 Å². The topological polar surface area (TPSA) is 64.2 Å². The second-order valence-corrected chi connectivity index (χ2v) is 19.3. The fourth-order valence-corrected chi connectivity index (χ4v) is 14.9. The second kappa shape index (κ2) is 15.6. The molecule has 7 nitrogen and oxygen atoms in total. The summed E-state index contributed by atoms with van der Waals surface area (Å²) in [6.45, 7) is 0. The standard InChI is InChI=1S/C46H39N7P2/c1-6-20-37(21-7-1)51-34-35-52(43-31-17-18-32-44(43)54(38-22-8-2-9-23-38)39-24-10-3-11-25-39)53(51)36-55(40-26-12-4-13-27-40,41-28-14-5-15-29-41)45-33-19-16-30-42(45)46-47-49-50-48-46/h1-35,55H,36H2,(H,47,48,49,50). The van der Waals surface area contributed by atoms with E-state index in [-0.39, 0.29) is 0 Å². The molecule has 0 unspecified atom stereocenters. The summed E-state index contributed by atoms with van der Waals surface area (Å²) in [4.78, 5) is 0. The minimum atomic E-state index is -3.02. The van der Waals surface area contributed by atoms with Gasteiger partial charge in [0.15, 0.2) is 0 Å². The molecule has 1 aliphatic heterocycles. The Hall–Kier alpha value is -6.23. The second-order valence-electron chi connectivity index (χ2n) is 13.3. The third kappa shape index (κ3) is 6.64. The molecule has 0 fully saturated rings. The Morgan fingerprint density at radius 1 is 0.509 bits per heavy atom. The monoisotopic (exact) mass is 751 g/mol. The number of nitrogens with zero attached hydrogens (tertiary/aromatic N) is 6. The number of aromatic amines is 1. The van der Waals surface area contributed by atoms with Gasteiger partial charge in [0.25, 0.3) is 0 Å². The summed E-state index contributed by atoms with van der Waals surface area (Å²) in [5.41, 5.74) is 3.20. The van der Waals surface area contributed by atoms with Crippen molar-refractivity contribution in [2.45, 2.75) is 0 Å². The number of nitrogens with one attached hydrogen (secondary N) is 1. The Kier molecular flexibility index (Phi) is 9.81. The van der Waals surface area contributed by atoms with Crippen molar-refractivity contribution < 1.29 is 0 Å². The molecular weight excluding hydrogens is 713 g/mol. The molecule has 8 aromatic rings. The molecule has 9 heteroatoms. The summed E-state index contributed by atoms with van der Waals surface area (Å²) in [5.74, 6) is 0.650. The van der Waals surface area contributed by atoms with Crippen LogP contribution < -0.4 is 41.8 Å². The van der Waals surface area contributed by atoms with E-state index in [2.05, 4.69) is 248 Å². The van der Waals surface area contributed by atoms with Crippen molar-refractivity contribution in [1.29, 1.82) is 0 Å². The molecule has 0 spiro atoms. The summed E-state index contributed by atoms with van der Waals surface area (Å²) in [6, 6.07) is 72.1. The van der Waals surface area contributed by atoms with Crippen LogP contribution in [0, 0.1) is 0 Å². The first-order valence-electron chi connectivity index (χ1n) is 18.3. The number of hydrazine groups is 2. The number of anilines is 2. The van der Waals surface area contributed by atoms with Crippen LogP contribution in [-0.4, -0.2) is 32.0 Å². The number of hydrogen-bond acceptors (Lipinski definition) is 6. The molecule has 1 aromatic heterocycles. The number of H-pyrrole nitrogens is 1. The SMILES string of the molecule is C1=CN(c2ccccc2P(c2ccccc2)c2ccccc2)N(C[PH](c2ccccc2)(c2ccccc2)c2ccccc2-c2nnn[nH]2)N1c1ccccc1. The van der Waals surface area contributed by atoms with E-state index >= 15 is 0 Å². The third-order valence-electron chi connectivity index (χ3n) is 10.2. The maximum atomic E-state index is 4.45. The zero-order valence-electron chi connectivity index (χ0n) is 30.0. The number of tetrazole rings is 1. The quantitative estimate of drug-likeness (QED) is 0.141. The van der Waals surface area contributed by atoms with Gasteiger partial charge in [-0.3, -0.25) is 0 Å². The van der Waals surface area contributed by atoms with Crippen molar-refractivity contribution in [2.24, 2.45) is 0 Å². The van der Waals surface area contributed by atoms with E-state index in [1.807, 2.05) is 0 Å². The number of para-hydroxylation sites is 2. The van der Waals surface area contributed by atoms with Gasteiger partial charge in [-0.2, -0.15) is 0 Å². The number of benzene rings is 7. The van der Waals surface area contributed by atoms with Gasteiger partial charge < -0.3 is 0 Å². The first kappa shape index (κ1) is 34.5. The van der Waals surface area contributed by atoms with Crippen molar-refractivity contribution in [3.63, 3.8) is 0 Å². The van der Waals surface area contributed by atoms with E-state index in [0.717, 1.165) is 16.9 Å². The van der Waals surface area contributed by atoms with E-state index in [0.29, 0.717) is 12.1 Å². The Morgan fingerprint density at radius 3 is 1.62 bits per heavy atom. The first-order valence-corrected chi connectivity index (χ1v) is 21.9. The van der Waals surface area contributed by atoms with Crippen LogP contribution in [0.1, 0.15) is 0 Å². The average Bonchev–Trinajstić information content (AvgIpc) is 3.96. The summed E-state index contributed by atoms with van der Waals surface area (Å²) in [5, 5.41) is 30.3. The molecule has 268 valence electrons. The first-order chi connectivity index (χ1) is 27.3. The van der Waals surface area contributed by atoms with Crippen LogP contribution >= 0.6 is 15.2 Å². The van der Waals surface area contributed by atoms with Crippen LogP contribution in [0.15, 0.2) is 213 Å². The third-order valence-corrected chi connectivity index (χ3v) is 17.4. The van der Waals surface area contributed by atoms with Gasteiger partial charge in [-0.05, 0) is 0 Å².